The number of methoxy groups -OCH3 is 1. The van der Waals surface area contributed by atoms with Gasteiger partial charge in [-0.05, 0) is 51.4 Å². The van der Waals surface area contributed by atoms with Crippen LogP contribution in [0.15, 0.2) is 16.6 Å². The maximum Gasteiger partial charge on any atom is 0.162 e. The zero-order valence-corrected chi connectivity index (χ0v) is 15.0. The summed E-state index contributed by atoms with van der Waals surface area (Å²) in [6.45, 7) is 9.30. The van der Waals surface area contributed by atoms with Gasteiger partial charge < -0.3 is 19.5 Å². The van der Waals surface area contributed by atoms with Crippen LogP contribution in [0.3, 0.4) is 0 Å². The number of nitrogens with one attached hydrogen (secondary N) is 1. The summed E-state index contributed by atoms with van der Waals surface area (Å²) in [6.07, 6.45) is 1.13. The normalized spacial score (nSPS) is 11.0. The monoisotopic (exact) mass is 359 g/mol. The Bertz CT molecular complexity index is 424. The molecule has 0 heterocycles. The molecular weight excluding hydrogens is 334 g/mol. The molecular formula is C16H26BrNO3. The van der Waals surface area contributed by atoms with Gasteiger partial charge in [-0.3, -0.25) is 0 Å². The maximum atomic E-state index is 5.75. The van der Waals surface area contributed by atoms with E-state index in [2.05, 4.69) is 21.2 Å². The Kier molecular flexibility index (Phi) is 8.73. The minimum absolute atomic E-state index is 0.119. The Morgan fingerprint density at radius 1 is 1.24 bits per heavy atom. The first-order chi connectivity index (χ1) is 10.1. The van der Waals surface area contributed by atoms with Crippen LogP contribution in [-0.2, 0) is 11.3 Å². The molecule has 0 atom stereocenters. The molecule has 1 aromatic carbocycles. The predicted octanol–water partition coefficient (Wildman–Crippen LogP) is 3.76. The molecule has 0 saturated carbocycles. The van der Waals surface area contributed by atoms with E-state index in [0.717, 1.165) is 54.3 Å². The summed E-state index contributed by atoms with van der Waals surface area (Å²) in [4.78, 5) is 0. The predicted molar refractivity (Wildman–Crippen MR) is 89.3 cm³/mol. The van der Waals surface area contributed by atoms with E-state index in [1.54, 1.807) is 7.11 Å². The van der Waals surface area contributed by atoms with Crippen molar-refractivity contribution in [1.82, 2.24) is 5.32 Å². The third-order valence-electron chi connectivity index (χ3n) is 2.86. The van der Waals surface area contributed by atoms with Gasteiger partial charge in [-0.15, -0.1) is 0 Å². The SMILES string of the molecule is CCOCCCNCc1cc(OC)c(OC(C)C)cc1Br. The van der Waals surface area contributed by atoms with Crippen LogP contribution in [0.1, 0.15) is 32.8 Å². The molecule has 0 aliphatic carbocycles. The number of hydrogen-bond acceptors (Lipinski definition) is 4. The molecule has 1 N–H and O–H groups in total. The van der Waals surface area contributed by atoms with E-state index in [0.29, 0.717) is 0 Å². The molecule has 0 aromatic heterocycles. The average molecular weight is 360 g/mol. The highest BCUT2D eigenvalue weighted by Crippen LogP contribution is 2.34. The third kappa shape index (κ3) is 6.68. The van der Waals surface area contributed by atoms with Crippen molar-refractivity contribution >= 4 is 15.9 Å². The lowest BCUT2D eigenvalue weighted by Gasteiger charge is -2.16. The lowest BCUT2D eigenvalue weighted by molar-refractivity contribution is 0.144. The van der Waals surface area contributed by atoms with Gasteiger partial charge in [-0.2, -0.15) is 0 Å². The van der Waals surface area contributed by atoms with Crippen LogP contribution in [-0.4, -0.2) is 33.0 Å². The summed E-state index contributed by atoms with van der Waals surface area (Å²) >= 11 is 3.59. The van der Waals surface area contributed by atoms with Crippen molar-refractivity contribution in [3.05, 3.63) is 22.2 Å². The highest BCUT2D eigenvalue weighted by Gasteiger charge is 2.11. The molecule has 4 nitrogen and oxygen atoms in total. The molecule has 5 heteroatoms. The Morgan fingerprint density at radius 2 is 2.00 bits per heavy atom. The van der Waals surface area contributed by atoms with Crippen molar-refractivity contribution in [2.75, 3.05) is 26.9 Å². The average Bonchev–Trinajstić information content (AvgIpc) is 2.44. The van der Waals surface area contributed by atoms with Crippen molar-refractivity contribution in [2.24, 2.45) is 0 Å². The zero-order chi connectivity index (χ0) is 15.7. The van der Waals surface area contributed by atoms with Crippen LogP contribution < -0.4 is 14.8 Å². The van der Waals surface area contributed by atoms with E-state index >= 15 is 0 Å². The van der Waals surface area contributed by atoms with Crippen molar-refractivity contribution in [3.63, 3.8) is 0 Å². The number of rotatable bonds is 10. The topological polar surface area (TPSA) is 39.7 Å². The molecule has 0 aliphatic heterocycles. The van der Waals surface area contributed by atoms with Crippen molar-refractivity contribution in [2.45, 2.75) is 39.8 Å². The van der Waals surface area contributed by atoms with E-state index in [-0.39, 0.29) is 6.10 Å². The van der Waals surface area contributed by atoms with Crippen LogP contribution in [0, 0.1) is 0 Å². The Balaban J connectivity index is 2.58. The molecule has 0 bridgehead atoms. The summed E-state index contributed by atoms with van der Waals surface area (Å²) < 4.78 is 17.5. The molecule has 120 valence electrons. The highest BCUT2D eigenvalue weighted by atomic mass is 79.9. The van der Waals surface area contributed by atoms with Gasteiger partial charge in [-0.25, -0.2) is 0 Å². The van der Waals surface area contributed by atoms with Gasteiger partial charge in [0, 0.05) is 24.2 Å². The Labute approximate surface area is 136 Å². The fraction of sp³-hybridized carbons (Fsp3) is 0.625. The molecule has 21 heavy (non-hydrogen) atoms. The number of ether oxygens (including phenoxy) is 3. The number of hydrogen-bond donors (Lipinski definition) is 1. The maximum absolute atomic E-state index is 5.75. The molecule has 0 saturated heterocycles. The number of benzene rings is 1. The summed E-state index contributed by atoms with van der Waals surface area (Å²) in [5.41, 5.74) is 1.15. The minimum atomic E-state index is 0.119. The minimum Gasteiger partial charge on any atom is -0.493 e. The van der Waals surface area contributed by atoms with Crippen LogP contribution in [0.4, 0.5) is 0 Å². The van der Waals surface area contributed by atoms with Gasteiger partial charge in [-0.1, -0.05) is 15.9 Å². The van der Waals surface area contributed by atoms with E-state index in [9.17, 15) is 0 Å². The van der Waals surface area contributed by atoms with Gasteiger partial charge in [0.25, 0.3) is 0 Å². The summed E-state index contributed by atoms with van der Waals surface area (Å²) in [5.74, 6) is 1.53. The molecule has 0 spiro atoms. The number of halogens is 1. The molecule has 1 aromatic rings. The summed E-state index contributed by atoms with van der Waals surface area (Å²) in [5, 5.41) is 3.41. The van der Waals surface area contributed by atoms with Gasteiger partial charge >= 0.3 is 0 Å². The lowest BCUT2D eigenvalue weighted by atomic mass is 10.2. The molecule has 1 rings (SSSR count). The molecule has 0 amide bonds. The van der Waals surface area contributed by atoms with Gasteiger partial charge in [0.2, 0.25) is 0 Å². The fourth-order valence-corrected chi connectivity index (χ4v) is 2.35. The first-order valence-electron chi connectivity index (χ1n) is 7.40. The Morgan fingerprint density at radius 3 is 2.62 bits per heavy atom. The van der Waals surface area contributed by atoms with E-state index in [1.807, 2.05) is 32.9 Å². The second-order valence-corrected chi connectivity index (χ2v) is 5.84. The van der Waals surface area contributed by atoms with E-state index in [1.165, 1.54) is 0 Å². The largest absolute Gasteiger partial charge is 0.493 e. The second-order valence-electron chi connectivity index (χ2n) is 4.99. The van der Waals surface area contributed by atoms with E-state index in [4.69, 9.17) is 14.2 Å². The van der Waals surface area contributed by atoms with Crippen molar-refractivity contribution in [3.8, 4) is 11.5 Å². The quantitative estimate of drug-likeness (QED) is 0.645. The summed E-state index contributed by atoms with van der Waals surface area (Å²) in [7, 11) is 1.66. The smallest absolute Gasteiger partial charge is 0.162 e. The van der Waals surface area contributed by atoms with Gasteiger partial charge in [0.05, 0.1) is 13.2 Å². The zero-order valence-electron chi connectivity index (χ0n) is 13.4. The van der Waals surface area contributed by atoms with Crippen molar-refractivity contribution in [1.29, 1.82) is 0 Å². The van der Waals surface area contributed by atoms with E-state index < -0.39 is 0 Å². The standard InChI is InChI=1S/C16H26BrNO3/c1-5-20-8-6-7-18-11-13-9-15(19-4)16(10-14(13)17)21-12(2)3/h9-10,12,18H,5-8,11H2,1-4H3. The second kappa shape index (κ2) is 10.0. The highest BCUT2D eigenvalue weighted by molar-refractivity contribution is 9.10. The Hall–Kier alpha value is -0.780. The first kappa shape index (κ1) is 18.3. The lowest BCUT2D eigenvalue weighted by Crippen LogP contribution is -2.17. The van der Waals surface area contributed by atoms with Gasteiger partial charge in [0.1, 0.15) is 0 Å². The summed E-state index contributed by atoms with van der Waals surface area (Å²) in [6, 6.07) is 3.98. The fourth-order valence-electron chi connectivity index (χ4n) is 1.88. The third-order valence-corrected chi connectivity index (χ3v) is 3.60. The molecule has 0 aliphatic rings. The molecule has 0 fully saturated rings. The molecule has 0 unspecified atom stereocenters. The van der Waals surface area contributed by atoms with Crippen LogP contribution in [0.2, 0.25) is 0 Å². The van der Waals surface area contributed by atoms with Crippen molar-refractivity contribution < 1.29 is 14.2 Å². The van der Waals surface area contributed by atoms with Crippen LogP contribution in [0.5, 0.6) is 11.5 Å². The van der Waals surface area contributed by atoms with Crippen LogP contribution >= 0.6 is 15.9 Å². The van der Waals surface area contributed by atoms with Gasteiger partial charge in [0.15, 0.2) is 11.5 Å². The van der Waals surface area contributed by atoms with Crippen LogP contribution in [0.25, 0.3) is 0 Å². The molecule has 0 radical (unpaired) electrons. The first-order valence-corrected chi connectivity index (χ1v) is 8.19.